The summed E-state index contributed by atoms with van der Waals surface area (Å²) in [5.41, 5.74) is 3.99. The van der Waals surface area contributed by atoms with Crippen LogP contribution in [0.2, 0.25) is 0 Å². The second-order valence-electron chi connectivity index (χ2n) is 13.8. The molecule has 0 radical (unpaired) electrons. The maximum atomic E-state index is 14.0. The average Bonchev–Trinajstić information content (AvgIpc) is 3.90. The van der Waals surface area contributed by atoms with Gasteiger partial charge in [-0.1, -0.05) is 72.9 Å². The summed E-state index contributed by atoms with van der Waals surface area (Å²) in [6.45, 7) is 1.01. The standard InChI is InChI=1S/C45H38N4O5/c1-53-42(51)44(39-13-7-23-48(39)29-31-25-35-9-3-5-11-37(35)46-27-31)19-15-33(16-20-44)41(50)34-17-21-45(22-18-34,43(52)54-2)40-14-8-24-49(40)30-32-26-36-10-4-6-12-38(36)47-28-32/h3-19,21,23-28H,20,22,29-30H2,1-2H3. The lowest BCUT2D eigenvalue weighted by atomic mass is 9.74. The van der Waals surface area contributed by atoms with Crippen molar-refractivity contribution in [3.8, 4) is 0 Å². The SMILES string of the molecule is COC(=O)C1(c2cccn2Cc2cnc3ccccc3c2)C=CC(C(=O)C2=CCC(C(=O)OC)(c3cccn3Cc3cnc4ccccc4c3)C=C2)=CC1. The number of methoxy groups -OCH3 is 2. The van der Waals surface area contributed by atoms with Crippen LogP contribution in [-0.2, 0) is 47.8 Å². The smallest absolute Gasteiger partial charge is 0.322 e. The molecule has 0 N–H and O–H groups in total. The van der Waals surface area contributed by atoms with Crippen LogP contribution in [0.3, 0.4) is 0 Å². The van der Waals surface area contributed by atoms with Gasteiger partial charge < -0.3 is 18.6 Å². The lowest BCUT2D eigenvalue weighted by Crippen LogP contribution is -2.39. The van der Waals surface area contributed by atoms with Gasteiger partial charge in [0.15, 0.2) is 5.78 Å². The Morgan fingerprint density at radius 3 is 1.48 bits per heavy atom. The van der Waals surface area contributed by atoms with Gasteiger partial charge in [0, 0.05) is 71.2 Å². The van der Waals surface area contributed by atoms with E-state index in [1.165, 1.54) is 14.2 Å². The van der Waals surface area contributed by atoms with Gasteiger partial charge in [0.1, 0.15) is 10.8 Å². The molecular weight excluding hydrogens is 677 g/mol. The van der Waals surface area contributed by atoms with E-state index in [1.807, 2.05) is 107 Å². The molecule has 0 bridgehead atoms. The van der Waals surface area contributed by atoms with Crippen molar-refractivity contribution < 1.29 is 23.9 Å². The number of esters is 2. The minimum Gasteiger partial charge on any atom is -0.468 e. The number of pyridine rings is 2. The summed E-state index contributed by atoms with van der Waals surface area (Å²) in [7, 11) is 2.76. The summed E-state index contributed by atoms with van der Waals surface area (Å²) in [5.74, 6) is -1.03. The number of aromatic nitrogens is 4. The van der Waals surface area contributed by atoms with E-state index < -0.39 is 22.8 Å². The van der Waals surface area contributed by atoms with Crippen molar-refractivity contribution in [2.75, 3.05) is 14.2 Å². The third-order valence-electron chi connectivity index (χ3n) is 10.6. The van der Waals surface area contributed by atoms with Crippen LogP contribution in [0.1, 0.15) is 35.4 Å². The number of fused-ring (bicyclic) bond motifs is 2. The molecule has 9 nitrogen and oxygen atoms in total. The fourth-order valence-electron chi connectivity index (χ4n) is 7.75. The lowest BCUT2D eigenvalue weighted by molar-refractivity contribution is -0.146. The van der Waals surface area contributed by atoms with Gasteiger partial charge in [-0.15, -0.1) is 0 Å². The van der Waals surface area contributed by atoms with Crippen molar-refractivity contribution in [1.29, 1.82) is 0 Å². The van der Waals surface area contributed by atoms with Crippen molar-refractivity contribution in [3.63, 3.8) is 0 Å². The van der Waals surface area contributed by atoms with Crippen LogP contribution in [0.15, 0.2) is 157 Å². The third kappa shape index (κ3) is 6.07. The van der Waals surface area contributed by atoms with E-state index in [0.29, 0.717) is 24.2 Å². The molecule has 2 unspecified atom stereocenters. The van der Waals surface area contributed by atoms with Gasteiger partial charge in [0.25, 0.3) is 0 Å². The van der Waals surface area contributed by atoms with Gasteiger partial charge in [-0.3, -0.25) is 24.4 Å². The monoisotopic (exact) mass is 714 g/mol. The Morgan fingerprint density at radius 2 is 1.07 bits per heavy atom. The number of rotatable bonds is 10. The zero-order valence-corrected chi connectivity index (χ0v) is 30.0. The highest BCUT2D eigenvalue weighted by atomic mass is 16.5. The molecule has 2 atom stereocenters. The van der Waals surface area contributed by atoms with Crippen molar-refractivity contribution in [2.45, 2.75) is 36.8 Å². The Bertz CT molecular complexity index is 2400. The topological polar surface area (TPSA) is 105 Å². The number of ketones is 1. The molecule has 2 aromatic carbocycles. The number of hydrogen-bond donors (Lipinski definition) is 0. The molecule has 0 saturated heterocycles. The lowest BCUT2D eigenvalue weighted by Gasteiger charge is -2.32. The quantitative estimate of drug-likeness (QED) is 0.137. The zero-order valence-electron chi connectivity index (χ0n) is 30.0. The van der Waals surface area contributed by atoms with E-state index in [4.69, 9.17) is 9.47 Å². The first-order chi connectivity index (χ1) is 26.3. The van der Waals surface area contributed by atoms with E-state index in [0.717, 1.165) is 44.3 Å². The maximum absolute atomic E-state index is 14.0. The molecule has 0 aliphatic heterocycles. The highest BCUT2D eigenvalue weighted by Gasteiger charge is 2.44. The predicted molar refractivity (Wildman–Crippen MR) is 207 cm³/mol. The van der Waals surface area contributed by atoms with Crippen molar-refractivity contribution in [1.82, 2.24) is 19.1 Å². The van der Waals surface area contributed by atoms with Crippen LogP contribution >= 0.6 is 0 Å². The summed E-state index contributed by atoms with van der Waals surface area (Å²) in [6.07, 6.45) is 18.6. The first-order valence-corrected chi connectivity index (χ1v) is 17.8. The van der Waals surface area contributed by atoms with E-state index in [-0.39, 0.29) is 18.6 Å². The first-order valence-electron chi connectivity index (χ1n) is 17.8. The predicted octanol–water partition coefficient (Wildman–Crippen LogP) is 7.35. The van der Waals surface area contributed by atoms with Gasteiger partial charge in [-0.25, -0.2) is 0 Å². The van der Waals surface area contributed by atoms with Gasteiger partial charge in [0.05, 0.1) is 25.3 Å². The van der Waals surface area contributed by atoms with Crippen LogP contribution in [-0.4, -0.2) is 51.0 Å². The Hall–Kier alpha value is -6.61. The molecule has 0 fully saturated rings. The maximum Gasteiger partial charge on any atom is 0.322 e. The zero-order chi connectivity index (χ0) is 37.3. The Kier molecular flexibility index (Phi) is 8.99. The van der Waals surface area contributed by atoms with Crippen LogP contribution in [0.4, 0.5) is 0 Å². The summed E-state index contributed by atoms with van der Waals surface area (Å²) in [6, 6.07) is 27.8. The second kappa shape index (κ2) is 14.1. The number of allylic oxidation sites excluding steroid dienone is 6. The highest BCUT2D eigenvalue weighted by Crippen LogP contribution is 2.40. The number of para-hydroxylation sites is 2. The molecular formula is C45H38N4O5. The minimum atomic E-state index is -1.13. The molecule has 6 aromatic rings. The summed E-state index contributed by atoms with van der Waals surface area (Å²) in [5, 5.41) is 2.08. The number of benzene rings is 2. The fourth-order valence-corrected chi connectivity index (χ4v) is 7.75. The summed E-state index contributed by atoms with van der Waals surface area (Å²) < 4.78 is 14.7. The van der Waals surface area contributed by atoms with E-state index in [9.17, 15) is 14.4 Å². The minimum absolute atomic E-state index is 0.199. The molecule has 9 heteroatoms. The van der Waals surface area contributed by atoms with Gasteiger partial charge in [0.2, 0.25) is 0 Å². The summed E-state index contributed by atoms with van der Waals surface area (Å²) in [4.78, 5) is 50.3. The van der Waals surface area contributed by atoms with E-state index >= 15 is 0 Å². The molecule has 8 rings (SSSR count). The molecule has 0 spiro atoms. The molecule has 4 heterocycles. The normalized spacial score (nSPS) is 19.4. The van der Waals surface area contributed by atoms with Crippen molar-refractivity contribution >= 4 is 39.5 Å². The largest absolute Gasteiger partial charge is 0.468 e. The van der Waals surface area contributed by atoms with Gasteiger partial charge >= 0.3 is 11.9 Å². The molecule has 0 amide bonds. The number of Topliss-reactive ketones (excluding diaryl/α,β-unsaturated/α-hetero) is 1. The number of nitrogens with zero attached hydrogens (tertiary/aromatic N) is 4. The second-order valence-corrected chi connectivity index (χ2v) is 13.8. The van der Waals surface area contributed by atoms with Crippen LogP contribution in [0, 0.1) is 0 Å². The van der Waals surface area contributed by atoms with Gasteiger partial charge in [-0.05, 0) is 72.5 Å². The van der Waals surface area contributed by atoms with Crippen LogP contribution in [0.25, 0.3) is 21.8 Å². The molecule has 0 saturated carbocycles. The van der Waals surface area contributed by atoms with Crippen LogP contribution < -0.4 is 0 Å². The highest BCUT2D eigenvalue weighted by molar-refractivity contribution is 6.13. The Morgan fingerprint density at radius 1 is 0.630 bits per heavy atom. The number of hydrogen-bond acceptors (Lipinski definition) is 7. The molecule has 2 aliphatic carbocycles. The molecule has 268 valence electrons. The Labute approximate surface area is 312 Å². The number of carbonyl (C=O) groups is 3. The van der Waals surface area contributed by atoms with Crippen LogP contribution in [0.5, 0.6) is 0 Å². The summed E-state index contributed by atoms with van der Waals surface area (Å²) >= 11 is 0. The van der Waals surface area contributed by atoms with Gasteiger partial charge in [-0.2, -0.15) is 0 Å². The van der Waals surface area contributed by atoms with Crippen molar-refractivity contribution in [3.05, 3.63) is 180 Å². The van der Waals surface area contributed by atoms with E-state index in [2.05, 4.69) is 22.1 Å². The Balaban J connectivity index is 1.03. The molecule has 4 aromatic heterocycles. The molecule has 2 aliphatic rings. The molecule has 54 heavy (non-hydrogen) atoms. The first kappa shape index (κ1) is 34.5. The fraction of sp³-hybridized carbons (Fsp3) is 0.178. The van der Waals surface area contributed by atoms with Crippen molar-refractivity contribution in [2.24, 2.45) is 0 Å². The van der Waals surface area contributed by atoms with E-state index in [1.54, 1.807) is 36.5 Å². The number of ether oxygens (including phenoxy) is 2. The number of carbonyl (C=O) groups excluding carboxylic acids is 3. The third-order valence-corrected chi connectivity index (χ3v) is 10.6. The average molecular weight is 715 g/mol.